The molecule has 0 radical (unpaired) electrons. The molecule has 0 amide bonds. The van der Waals surface area contributed by atoms with Crippen LogP contribution in [0.5, 0.6) is 5.75 Å². The lowest BCUT2D eigenvalue weighted by Gasteiger charge is -2.25. The summed E-state index contributed by atoms with van der Waals surface area (Å²) in [5.74, 6) is 0.0778. The van der Waals surface area contributed by atoms with Gasteiger partial charge in [-0.1, -0.05) is 54.6 Å². The Kier molecular flexibility index (Phi) is 8.67. The number of carboxylic acids is 1. The highest BCUT2D eigenvalue weighted by atomic mass is 16.5. The molecule has 33 heavy (non-hydrogen) atoms. The maximum absolute atomic E-state index is 11.4. The van der Waals surface area contributed by atoms with Gasteiger partial charge < -0.3 is 14.9 Å². The normalized spacial score (nSPS) is 12.8. The summed E-state index contributed by atoms with van der Waals surface area (Å²) in [7, 11) is 1.67. The topological polar surface area (TPSA) is 66.8 Å². The summed E-state index contributed by atoms with van der Waals surface area (Å²) in [6.45, 7) is 4.02. The van der Waals surface area contributed by atoms with Gasteiger partial charge in [0.2, 0.25) is 0 Å². The minimum Gasteiger partial charge on any atom is -0.496 e. The second kappa shape index (κ2) is 11.7. The fourth-order valence-corrected chi connectivity index (χ4v) is 4.60. The Morgan fingerprint density at radius 3 is 2.09 bits per heavy atom. The van der Waals surface area contributed by atoms with Crippen LogP contribution in [-0.2, 0) is 24.1 Å². The fourth-order valence-electron chi connectivity index (χ4n) is 4.60. The van der Waals surface area contributed by atoms with Crippen LogP contribution in [0.3, 0.4) is 0 Å². The first-order valence-corrected chi connectivity index (χ1v) is 11.5. The maximum atomic E-state index is 11.4. The van der Waals surface area contributed by atoms with Crippen molar-refractivity contribution in [3.63, 3.8) is 0 Å². The minimum atomic E-state index is -0.831. The number of aryl methyl sites for hydroxylation is 3. The number of aliphatic hydroxyl groups is 1. The van der Waals surface area contributed by atoms with Gasteiger partial charge in [-0.25, -0.2) is 0 Å². The lowest BCUT2D eigenvalue weighted by molar-refractivity contribution is -0.136. The van der Waals surface area contributed by atoms with Crippen LogP contribution < -0.4 is 4.74 Å². The molecule has 2 N–H and O–H groups in total. The van der Waals surface area contributed by atoms with Crippen molar-refractivity contribution < 1.29 is 19.7 Å². The van der Waals surface area contributed by atoms with Gasteiger partial charge in [0.15, 0.2) is 0 Å². The van der Waals surface area contributed by atoms with E-state index in [0.717, 1.165) is 59.3 Å². The summed E-state index contributed by atoms with van der Waals surface area (Å²) < 4.78 is 5.50. The summed E-state index contributed by atoms with van der Waals surface area (Å²) in [4.78, 5) is 11.0. The van der Waals surface area contributed by atoms with Gasteiger partial charge in [-0.3, -0.25) is 4.79 Å². The smallest absolute Gasteiger partial charge is 0.307 e. The van der Waals surface area contributed by atoms with Crippen molar-refractivity contribution >= 4 is 5.97 Å². The van der Waals surface area contributed by atoms with Crippen molar-refractivity contribution in [1.82, 2.24) is 0 Å². The molecule has 0 spiro atoms. The fraction of sp³-hybridized carbons (Fsp3) is 0.345. The van der Waals surface area contributed by atoms with E-state index in [1.54, 1.807) is 7.11 Å². The SMILES string of the molecule is COc1c(C)cc([C@@H](O)[C@@H](CCCc2ccccc2)Cc2ccc(CC(=O)O)cc2)cc1C. The highest BCUT2D eigenvalue weighted by Crippen LogP contribution is 2.34. The van der Waals surface area contributed by atoms with E-state index < -0.39 is 12.1 Å². The van der Waals surface area contributed by atoms with Gasteiger partial charge in [-0.15, -0.1) is 0 Å². The van der Waals surface area contributed by atoms with E-state index >= 15 is 0 Å². The van der Waals surface area contributed by atoms with E-state index in [0.29, 0.717) is 0 Å². The van der Waals surface area contributed by atoms with E-state index in [1.807, 2.05) is 56.3 Å². The highest BCUT2D eigenvalue weighted by Gasteiger charge is 2.23. The Hall–Kier alpha value is -3.11. The Bertz CT molecular complexity index is 1020. The molecule has 0 aliphatic rings. The van der Waals surface area contributed by atoms with Crippen molar-refractivity contribution in [2.45, 2.75) is 52.1 Å². The van der Waals surface area contributed by atoms with E-state index in [9.17, 15) is 9.90 Å². The molecule has 0 aromatic heterocycles. The van der Waals surface area contributed by atoms with Crippen LogP contribution in [0.1, 0.15) is 52.3 Å². The van der Waals surface area contributed by atoms with Gasteiger partial charge in [0.1, 0.15) is 5.75 Å². The molecule has 3 aromatic rings. The van der Waals surface area contributed by atoms with Gasteiger partial charge in [0.25, 0.3) is 0 Å². The Morgan fingerprint density at radius 1 is 0.909 bits per heavy atom. The predicted octanol–water partition coefficient (Wildman–Crippen LogP) is 5.85. The zero-order valence-corrected chi connectivity index (χ0v) is 19.8. The molecular weight excluding hydrogens is 412 g/mol. The average molecular weight is 447 g/mol. The molecule has 3 rings (SSSR count). The van der Waals surface area contributed by atoms with Crippen molar-refractivity contribution in [2.24, 2.45) is 5.92 Å². The van der Waals surface area contributed by atoms with Crippen molar-refractivity contribution in [2.75, 3.05) is 7.11 Å². The van der Waals surface area contributed by atoms with Crippen molar-refractivity contribution in [3.05, 3.63) is 100 Å². The van der Waals surface area contributed by atoms with Gasteiger partial charge in [-0.2, -0.15) is 0 Å². The van der Waals surface area contributed by atoms with Crippen LogP contribution in [0.4, 0.5) is 0 Å². The number of hydrogen-bond donors (Lipinski definition) is 2. The number of benzene rings is 3. The lowest BCUT2D eigenvalue weighted by Crippen LogP contribution is -2.17. The molecule has 4 heteroatoms. The van der Waals surface area contributed by atoms with Crippen LogP contribution in [0.2, 0.25) is 0 Å². The molecule has 0 unspecified atom stereocenters. The Balaban J connectivity index is 1.78. The molecule has 0 aliphatic carbocycles. The first-order valence-electron chi connectivity index (χ1n) is 11.5. The van der Waals surface area contributed by atoms with Gasteiger partial charge in [-0.05, 0) is 91.0 Å². The molecule has 0 bridgehead atoms. The number of aliphatic carboxylic acids is 1. The Morgan fingerprint density at radius 2 is 1.52 bits per heavy atom. The quantitative estimate of drug-likeness (QED) is 0.387. The molecule has 0 saturated carbocycles. The summed E-state index contributed by atoms with van der Waals surface area (Å²) in [5.41, 5.74) is 6.15. The molecule has 174 valence electrons. The largest absolute Gasteiger partial charge is 0.496 e. The van der Waals surface area contributed by atoms with E-state index in [-0.39, 0.29) is 12.3 Å². The second-order valence-corrected chi connectivity index (χ2v) is 8.86. The molecule has 0 fully saturated rings. The standard InChI is InChI=1S/C29H34O4/c1-20-16-26(17-21(2)29(20)33-3)28(32)25(11-7-10-22-8-5-4-6-9-22)18-23-12-14-24(15-13-23)19-27(30)31/h4-6,8-9,12-17,25,28,32H,7,10-11,18-19H2,1-3H3,(H,30,31)/t25-,28-/m0/s1. The molecule has 2 atom stereocenters. The summed E-state index contributed by atoms with van der Waals surface area (Å²) in [5, 5.41) is 20.4. The van der Waals surface area contributed by atoms with Crippen LogP contribution in [0.25, 0.3) is 0 Å². The zero-order valence-electron chi connectivity index (χ0n) is 19.8. The van der Waals surface area contributed by atoms with E-state index in [4.69, 9.17) is 9.84 Å². The zero-order chi connectivity index (χ0) is 23.8. The molecular formula is C29H34O4. The van der Waals surface area contributed by atoms with E-state index in [1.165, 1.54) is 5.56 Å². The summed E-state index contributed by atoms with van der Waals surface area (Å²) >= 11 is 0. The molecule has 4 nitrogen and oxygen atoms in total. The molecule has 0 heterocycles. The first-order chi connectivity index (χ1) is 15.9. The maximum Gasteiger partial charge on any atom is 0.307 e. The van der Waals surface area contributed by atoms with Gasteiger partial charge >= 0.3 is 5.97 Å². The third-order valence-corrected chi connectivity index (χ3v) is 6.23. The van der Waals surface area contributed by atoms with Gasteiger partial charge in [0, 0.05) is 0 Å². The molecule has 0 saturated heterocycles. The highest BCUT2D eigenvalue weighted by molar-refractivity contribution is 5.70. The molecule has 0 aliphatic heterocycles. The van der Waals surface area contributed by atoms with Gasteiger partial charge in [0.05, 0.1) is 19.6 Å². The molecule has 3 aromatic carbocycles. The van der Waals surface area contributed by atoms with Crippen LogP contribution in [0.15, 0.2) is 66.7 Å². The number of methoxy groups -OCH3 is 1. The number of carboxylic acid groups (broad SMARTS) is 1. The number of carbonyl (C=O) groups is 1. The summed E-state index contributed by atoms with van der Waals surface area (Å²) in [6.07, 6.45) is 3.00. The van der Waals surface area contributed by atoms with Crippen LogP contribution in [0, 0.1) is 19.8 Å². The van der Waals surface area contributed by atoms with Crippen molar-refractivity contribution in [3.8, 4) is 5.75 Å². The predicted molar refractivity (Wildman–Crippen MR) is 132 cm³/mol. The number of hydrogen-bond acceptors (Lipinski definition) is 3. The lowest BCUT2D eigenvalue weighted by atomic mass is 9.84. The Labute approximate surface area is 196 Å². The number of ether oxygens (including phenoxy) is 1. The monoisotopic (exact) mass is 446 g/mol. The third kappa shape index (κ3) is 6.93. The van der Waals surface area contributed by atoms with Crippen LogP contribution >= 0.6 is 0 Å². The summed E-state index contributed by atoms with van der Waals surface area (Å²) in [6, 6.07) is 22.2. The minimum absolute atomic E-state index is 0.0216. The van der Waals surface area contributed by atoms with Crippen molar-refractivity contribution in [1.29, 1.82) is 0 Å². The van der Waals surface area contributed by atoms with E-state index in [2.05, 4.69) is 24.3 Å². The first kappa shape index (κ1) is 24.5. The van der Waals surface area contributed by atoms with Crippen LogP contribution in [-0.4, -0.2) is 23.3 Å². The third-order valence-electron chi connectivity index (χ3n) is 6.23. The second-order valence-electron chi connectivity index (χ2n) is 8.86. The average Bonchev–Trinajstić information content (AvgIpc) is 2.79. The number of rotatable bonds is 11. The number of aliphatic hydroxyl groups excluding tert-OH is 1.